The van der Waals surface area contributed by atoms with Crippen molar-refractivity contribution in [1.82, 2.24) is 9.36 Å². The van der Waals surface area contributed by atoms with Crippen LogP contribution in [0.4, 0.5) is 10.8 Å². The number of benzene rings is 2. The first-order chi connectivity index (χ1) is 14.4. The van der Waals surface area contributed by atoms with Crippen LogP contribution >= 0.6 is 11.5 Å². The second-order valence-corrected chi connectivity index (χ2v) is 9.59. The molecule has 3 aromatic rings. The number of sulfone groups is 1. The van der Waals surface area contributed by atoms with Crippen LogP contribution in [0.5, 0.6) is 0 Å². The molecule has 0 aliphatic carbocycles. The number of rotatable bonds is 5. The van der Waals surface area contributed by atoms with E-state index in [9.17, 15) is 13.2 Å². The normalized spacial score (nSPS) is 14.5. The van der Waals surface area contributed by atoms with Gasteiger partial charge in [0.25, 0.3) is 5.91 Å². The Morgan fingerprint density at radius 3 is 2.37 bits per heavy atom. The Bertz CT molecular complexity index is 1140. The van der Waals surface area contributed by atoms with E-state index < -0.39 is 9.84 Å². The summed E-state index contributed by atoms with van der Waals surface area (Å²) in [6.45, 7) is 3.09. The Morgan fingerprint density at radius 1 is 1.07 bits per heavy atom. The van der Waals surface area contributed by atoms with Gasteiger partial charge in [0.15, 0.2) is 15.7 Å². The van der Waals surface area contributed by atoms with Crippen LogP contribution in [0.15, 0.2) is 53.4 Å². The Kier molecular flexibility index (Phi) is 5.80. The number of nitrogens with zero attached hydrogens (tertiary/aromatic N) is 3. The third-order valence-corrected chi connectivity index (χ3v) is 6.45. The lowest BCUT2D eigenvalue weighted by atomic mass is 10.2. The van der Waals surface area contributed by atoms with Gasteiger partial charge in [-0.2, -0.15) is 9.36 Å². The molecule has 0 unspecified atom stereocenters. The summed E-state index contributed by atoms with van der Waals surface area (Å²) >= 11 is 1.07. The number of ether oxygens (including phenoxy) is 1. The highest BCUT2D eigenvalue weighted by atomic mass is 32.2. The average molecular weight is 445 g/mol. The summed E-state index contributed by atoms with van der Waals surface area (Å²) in [7, 11) is -3.26. The van der Waals surface area contributed by atoms with Gasteiger partial charge in [-0.25, -0.2) is 8.42 Å². The molecule has 1 aliphatic rings. The van der Waals surface area contributed by atoms with Crippen LogP contribution < -0.4 is 10.2 Å². The Morgan fingerprint density at radius 2 is 1.73 bits per heavy atom. The van der Waals surface area contributed by atoms with Crippen molar-refractivity contribution in [2.75, 3.05) is 42.8 Å². The molecule has 1 aromatic heterocycles. The van der Waals surface area contributed by atoms with Crippen LogP contribution in [-0.4, -0.2) is 56.2 Å². The number of morpholine rings is 1. The summed E-state index contributed by atoms with van der Waals surface area (Å²) < 4.78 is 32.7. The van der Waals surface area contributed by atoms with Crippen molar-refractivity contribution in [3.05, 3.63) is 54.1 Å². The van der Waals surface area contributed by atoms with Crippen LogP contribution in [0.3, 0.4) is 0 Å². The molecule has 0 bridgehead atoms. The van der Waals surface area contributed by atoms with Crippen LogP contribution in [0.1, 0.15) is 10.4 Å². The second kappa shape index (κ2) is 8.50. The van der Waals surface area contributed by atoms with Crippen molar-refractivity contribution in [2.24, 2.45) is 0 Å². The third kappa shape index (κ3) is 4.66. The van der Waals surface area contributed by atoms with Gasteiger partial charge in [-0.3, -0.25) is 10.1 Å². The summed E-state index contributed by atoms with van der Waals surface area (Å²) in [4.78, 5) is 19.3. The summed E-state index contributed by atoms with van der Waals surface area (Å²) in [5.41, 5.74) is 2.26. The molecule has 0 radical (unpaired) electrons. The molecular weight excluding hydrogens is 424 g/mol. The predicted molar refractivity (Wildman–Crippen MR) is 116 cm³/mol. The van der Waals surface area contributed by atoms with E-state index in [0.29, 0.717) is 35.3 Å². The molecule has 0 spiro atoms. The van der Waals surface area contributed by atoms with Crippen LogP contribution in [0.25, 0.3) is 11.4 Å². The summed E-state index contributed by atoms with van der Waals surface area (Å²) in [5, 5.41) is 3.13. The third-order valence-electron chi connectivity index (χ3n) is 4.69. The maximum Gasteiger partial charge on any atom is 0.257 e. The van der Waals surface area contributed by atoms with Crippen molar-refractivity contribution in [3.63, 3.8) is 0 Å². The molecule has 8 nitrogen and oxygen atoms in total. The SMILES string of the molecule is CS(=O)(=O)c1ccc(-c2nsc(NC(=O)c3ccc(N4CCOCC4)cc3)n2)cc1. The molecule has 2 heterocycles. The largest absolute Gasteiger partial charge is 0.378 e. The van der Waals surface area contributed by atoms with Crippen molar-refractivity contribution in [2.45, 2.75) is 4.90 Å². The number of amides is 1. The van der Waals surface area contributed by atoms with E-state index in [2.05, 4.69) is 19.6 Å². The zero-order chi connectivity index (χ0) is 21.1. The van der Waals surface area contributed by atoms with E-state index in [1.54, 1.807) is 24.3 Å². The number of anilines is 2. The first-order valence-electron chi connectivity index (χ1n) is 9.28. The smallest absolute Gasteiger partial charge is 0.257 e. The van der Waals surface area contributed by atoms with Crippen molar-refractivity contribution >= 4 is 38.1 Å². The first-order valence-corrected chi connectivity index (χ1v) is 11.9. The highest BCUT2D eigenvalue weighted by Crippen LogP contribution is 2.23. The monoisotopic (exact) mass is 444 g/mol. The molecule has 1 N–H and O–H groups in total. The molecular formula is C20H20N4O4S2. The zero-order valence-electron chi connectivity index (χ0n) is 16.2. The van der Waals surface area contributed by atoms with Gasteiger partial charge in [0.2, 0.25) is 5.13 Å². The van der Waals surface area contributed by atoms with Gasteiger partial charge in [-0.15, -0.1) is 0 Å². The fourth-order valence-electron chi connectivity index (χ4n) is 3.06. The molecule has 4 rings (SSSR count). The van der Waals surface area contributed by atoms with E-state index >= 15 is 0 Å². The number of carbonyl (C=O) groups is 1. The van der Waals surface area contributed by atoms with E-state index in [0.717, 1.165) is 36.6 Å². The quantitative estimate of drug-likeness (QED) is 0.646. The maximum atomic E-state index is 12.5. The fraction of sp³-hybridized carbons (Fsp3) is 0.250. The molecule has 156 valence electrons. The lowest BCUT2D eigenvalue weighted by molar-refractivity contribution is 0.102. The van der Waals surface area contributed by atoms with E-state index in [1.807, 2.05) is 12.1 Å². The number of nitrogens with one attached hydrogen (secondary N) is 1. The minimum absolute atomic E-state index is 0.232. The number of hydrogen-bond donors (Lipinski definition) is 1. The van der Waals surface area contributed by atoms with Crippen molar-refractivity contribution in [1.29, 1.82) is 0 Å². The molecule has 1 aliphatic heterocycles. The Balaban J connectivity index is 1.42. The van der Waals surface area contributed by atoms with Gasteiger partial charge in [0.1, 0.15) is 0 Å². The molecule has 2 aromatic carbocycles. The van der Waals surface area contributed by atoms with Gasteiger partial charge in [-0.1, -0.05) is 0 Å². The standard InChI is InChI=1S/C20H20N4O4S2/c1-30(26,27)17-8-4-14(5-9-17)18-21-20(29-23-18)22-19(25)15-2-6-16(7-3-15)24-10-12-28-13-11-24/h2-9H,10-13H2,1H3,(H,21,22,23,25). The van der Waals surface area contributed by atoms with E-state index in [-0.39, 0.29) is 10.8 Å². The van der Waals surface area contributed by atoms with Gasteiger partial charge >= 0.3 is 0 Å². The summed E-state index contributed by atoms with van der Waals surface area (Å²) in [5.74, 6) is 0.164. The summed E-state index contributed by atoms with van der Waals surface area (Å²) in [6, 6.07) is 13.7. The topological polar surface area (TPSA) is 101 Å². The molecule has 0 saturated carbocycles. The van der Waals surface area contributed by atoms with Crippen molar-refractivity contribution in [3.8, 4) is 11.4 Å². The second-order valence-electron chi connectivity index (χ2n) is 6.82. The van der Waals surface area contributed by atoms with Gasteiger partial charge in [0.05, 0.1) is 18.1 Å². The van der Waals surface area contributed by atoms with E-state index in [1.165, 1.54) is 12.1 Å². The van der Waals surface area contributed by atoms with E-state index in [4.69, 9.17) is 4.74 Å². The first kappa shape index (κ1) is 20.5. The zero-order valence-corrected chi connectivity index (χ0v) is 17.9. The van der Waals surface area contributed by atoms with Crippen LogP contribution in [-0.2, 0) is 14.6 Å². The minimum atomic E-state index is -3.26. The van der Waals surface area contributed by atoms with Gasteiger partial charge < -0.3 is 9.64 Å². The number of carbonyl (C=O) groups excluding carboxylic acids is 1. The van der Waals surface area contributed by atoms with Gasteiger partial charge in [0, 0.05) is 47.7 Å². The average Bonchev–Trinajstić information content (AvgIpc) is 3.22. The highest BCUT2D eigenvalue weighted by molar-refractivity contribution is 7.90. The van der Waals surface area contributed by atoms with Crippen LogP contribution in [0, 0.1) is 0 Å². The van der Waals surface area contributed by atoms with Crippen molar-refractivity contribution < 1.29 is 17.9 Å². The lowest BCUT2D eigenvalue weighted by Gasteiger charge is -2.28. The Labute approximate surface area is 178 Å². The highest BCUT2D eigenvalue weighted by Gasteiger charge is 2.15. The molecule has 10 heteroatoms. The maximum absolute atomic E-state index is 12.5. The number of aromatic nitrogens is 2. The summed E-state index contributed by atoms with van der Waals surface area (Å²) in [6.07, 6.45) is 1.16. The van der Waals surface area contributed by atoms with Crippen LogP contribution in [0.2, 0.25) is 0 Å². The predicted octanol–water partition coefficient (Wildman–Crippen LogP) is 2.70. The lowest BCUT2D eigenvalue weighted by Crippen LogP contribution is -2.36. The minimum Gasteiger partial charge on any atom is -0.378 e. The van der Waals surface area contributed by atoms with Gasteiger partial charge in [-0.05, 0) is 48.5 Å². The molecule has 1 saturated heterocycles. The molecule has 1 fully saturated rings. The fourth-order valence-corrected chi connectivity index (χ4v) is 4.27. The number of hydrogen-bond acceptors (Lipinski definition) is 8. The molecule has 0 atom stereocenters. The Hall–Kier alpha value is -2.82. The molecule has 1 amide bonds. The molecule has 30 heavy (non-hydrogen) atoms.